The Labute approximate surface area is 157 Å². The third-order valence-corrected chi connectivity index (χ3v) is 4.63. The van der Waals surface area contributed by atoms with E-state index in [1.165, 1.54) is 5.56 Å². The summed E-state index contributed by atoms with van der Waals surface area (Å²) in [6.07, 6.45) is 0. The molecule has 134 valence electrons. The lowest BCUT2D eigenvalue weighted by atomic mass is 9.99. The summed E-state index contributed by atoms with van der Waals surface area (Å²) in [7, 11) is 0. The monoisotopic (exact) mass is 358 g/mol. The number of cyclic esters (lactones) is 2. The molecule has 0 spiro atoms. The van der Waals surface area contributed by atoms with Gasteiger partial charge in [-0.1, -0.05) is 56.3 Å². The molecule has 0 fully saturated rings. The predicted molar refractivity (Wildman–Crippen MR) is 102 cm³/mol. The summed E-state index contributed by atoms with van der Waals surface area (Å²) in [6, 6.07) is 21.0. The molecule has 3 aromatic carbocycles. The van der Waals surface area contributed by atoms with Crippen LogP contribution < -0.4 is 4.74 Å². The van der Waals surface area contributed by atoms with Crippen molar-refractivity contribution >= 4 is 11.9 Å². The van der Waals surface area contributed by atoms with Gasteiger partial charge in [0.1, 0.15) is 17.1 Å². The molecule has 0 amide bonds. The third kappa shape index (κ3) is 3.22. The van der Waals surface area contributed by atoms with Crippen LogP contribution in [0.4, 0.5) is 0 Å². The van der Waals surface area contributed by atoms with Crippen molar-refractivity contribution in [2.24, 2.45) is 0 Å². The SMILES string of the molecule is CC(C)c1ccc(-c2ccc(Oc3cccc4c3C(=O)OC4=O)cc2)cc1. The maximum Gasteiger partial charge on any atom is 0.350 e. The van der Waals surface area contributed by atoms with Crippen molar-refractivity contribution in [3.05, 3.63) is 83.4 Å². The Bertz CT molecular complexity index is 1020. The quantitative estimate of drug-likeness (QED) is 0.451. The van der Waals surface area contributed by atoms with Crippen LogP contribution in [0.5, 0.6) is 11.5 Å². The average Bonchev–Trinajstić information content (AvgIpc) is 2.97. The minimum Gasteiger partial charge on any atom is -0.456 e. The molecule has 0 N–H and O–H groups in total. The van der Waals surface area contributed by atoms with Gasteiger partial charge in [0.2, 0.25) is 0 Å². The highest BCUT2D eigenvalue weighted by atomic mass is 16.6. The van der Waals surface area contributed by atoms with Crippen LogP contribution >= 0.6 is 0 Å². The zero-order chi connectivity index (χ0) is 19.0. The van der Waals surface area contributed by atoms with Crippen molar-refractivity contribution in [3.8, 4) is 22.6 Å². The average molecular weight is 358 g/mol. The van der Waals surface area contributed by atoms with E-state index in [1.54, 1.807) is 18.2 Å². The summed E-state index contributed by atoms with van der Waals surface area (Å²) in [6.45, 7) is 4.34. The zero-order valence-corrected chi connectivity index (χ0v) is 15.1. The second-order valence-corrected chi connectivity index (χ2v) is 6.76. The van der Waals surface area contributed by atoms with Gasteiger partial charge in [0.15, 0.2) is 0 Å². The lowest BCUT2D eigenvalue weighted by Gasteiger charge is -2.10. The van der Waals surface area contributed by atoms with Crippen molar-refractivity contribution in [2.75, 3.05) is 0 Å². The number of ether oxygens (including phenoxy) is 2. The molecule has 1 aliphatic heterocycles. The Kier molecular flexibility index (Phi) is 4.24. The number of benzene rings is 3. The molecule has 0 saturated carbocycles. The van der Waals surface area contributed by atoms with Gasteiger partial charge in [0.05, 0.1) is 5.56 Å². The van der Waals surface area contributed by atoms with Crippen LogP contribution in [0, 0.1) is 0 Å². The van der Waals surface area contributed by atoms with Crippen LogP contribution in [0.25, 0.3) is 11.1 Å². The van der Waals surface area contributed by atoms with Crippen LogP contribution in [0.1, 0.15) is 46.0 Å². The Morgan fingerprint density at radius 1 is 0.778 bits per heavy atom. The molecule has 0 aromatic heterocycles. The van der Waals surface area contributed by atoms with E-state index < -0.39 is 11.9 Å². The van der Waals surface area contributed by atoms with E-state index in [9.17, 15) is 9.59 Å². The molecule has 0 bridgehead atoms. The topological polar surface area (TPSA) is 52.6 Å². The summed E-state index contributed by atoms with van der Waals surface area (Å²) in [5.41, 5.74) is 3.92. The molecule has 4 rings (SSSR count). The number of hydrogen-bond donors (Lipinski definition) is 0. The second-order valence-electron chi connectivity index (χ2n) is 6.76. The van der Waals surface area contributed by atoms with Gasteiger partial charge in [-0.25, -0.2) is 9.59 Å². The molecule has 4 nitrogen and oxygen atoms in total. The minimum absolute atomic E-state index is 0.177. The Morgan fingerprint density at radius 3 is 2.04 bits per heavy atom. The van der Waals surface area contributed by atoms with Crippen molar-refractivity contribution in [3.63, 3.8) is 0 Å². The fourth-order valence-electron chi connectivity index (χ4n) is 3.09. The number of esters is 2. The molecule has 4 heteroatoms. The zero-order valence-electron chi connectivity index (χ0n) is 15.1. The maximum absolute atomic E-state index is 11.9. The largest absolute Gasteiger partial charge is 0.456 e. The van der Waals surface area contributed by atoms with Crippen molar-refractivity contribution < 1.29 is 19.1 Å². The Hall–Kier alpha value is -3.40. The smallest absolute Gasteiger partial charge is 0.350 e. The molecular formula is C23H18O4. The van der Waals surface area contributed by atoms with Gasteiger partial charge in [0, 0.05) is 0 Å². The van der Waals surface area contributed by atoms with Gasteiger partial charge in [0.25, 0.3) is 0 Å². The summed E-state index contributed by atoms with van der Waals surface area (Å²) in [5, 5.41) is 0. The fourth-order valence-corrected chi connectivity index (χ4v) is 3.09. The lowest BCUT2D eigenvalue weighted by molar-refractivity contribution is 0.0443. The molecule has 0 atom stereocenters. The summed E-state index contributed by atoms with van der Waals surface area (Å²) in [4.78, 5) is 23.5. The van der Waals surface area contributed by atoms with Crippen LogP contribution in [0.2, 0.25) is 0 Å². The van der Waals surface area contributed by atoms with E-state index >= 15 is 0 Å². The lowest BCUT2D eigenvalue weighted by Crippen LogP contribution is -1.98. The first-order valence-electron chi connectivity index (χ1n) is 8.80. The molecule has 1 heterocycles. The van der Waals surface area contributed by atoms with Crippen LogP contribution in [0.3, 0.4) is 0 Å². The molecule has 0 radical (unpaired) electrons. The molecule has 0 aliphatic carbocycles. The van der Waals surface area contributed by atoms with Gasteiger partial charge in [-0.15, -0.1) is 0 Å². The van der Waals surface area contributed by atoms with Crippen molar-refractivity contribution in [1.82, 2.24) is 0 Å². The molecule has 0 saturated heterocycles. The van der Waals surface area contributed by atoms with E-state index in [0.29, 0.717) is 17.4 Å². The van der Waals surface area contributed by atoms with Gasteiger partial charge < -0.3 is 9.47 Å². The predicted octanol–water partition coefficient (Wildman–Crippen LogP) is 5.58. The van der Waals surface area contributed by atoms with Gasteiger partial charge >= 0.3 is 11.9 Å². The van der Waals surface area contributed by atoms with E-state index in [0.717, 1.165) is 11.1 Å². The van der Waals surface area contributed by atoms with Gasteiger partial charge in [-0.3, -0.25) is 0 Å². The van der Waals surface area contributed by atoms with E-state index in [-0.39, 0.29) is 11.1 Å². The first-order chi connectivity index (χ1) is 13.0. The first kappa shape index (κ1) is 17.0. The van der Waals surface area contributed by atoms with E-state index in [1.807, 2.05) is 24.3 Å². The van der Waals surface area contributed by atoms with Crippen LogP contribution in [-0.4, -0.2) is 11.9 Å². The number of carbonyl (C=O) groups excluding carboxylic acids is 2. The number of carbonyl (C=O) groups is 2. The highest BCUT2D eigenvalue weighted by Crippen LogP contribution is 2.33. The normalized spacial score (nSPS) is 12.9. The highest BCUT2D eigenvalue weighted by molar-refractivity contribution is 6.16. The van der Waals surface area contributed by atoms with Crippen LogP contribution in [0.15, 0.2) is 66.7 Å². The fraction of sp³-hybridized carbons (Fsp3) is 0.130. The van der Waals surface area contributed by atoms with Gasteiger partial charge in [-0.2, -0.15) is 0 Å². The van der Waals surface area contributed by atoms with E-state index in [2.05, 4.69) is 42.8 Å². The van der Waals surface area contributed by atoms with Crippen molar-refractivity contribution in [1.29, 1.82) is 0 Å². The highest BCUT2D eigenvalue weighted by Gasteiger charge is 2.33. The van der Waals surface area contributed by atoms with E-state index in [4.69, 9.17) is 4.74 Å². The molecule has 1 aliphatic rings. The Morgan fingerprint density at radius 2 is 1.41 bits per heavy atom. The molecular weight excluding hydrogens is 340 g/mol. The molecule has 0 unspecified atom stereocenters. The van der Waals surface area contributed by atoms with Gasteiger partial charge in [-0.05, 0) is 46.9 Å². The second kappa shape index (κ2) is 6.72. The summed E-state index contributed by atoms with van der Waals surface area (Å²) >= 11 is 0. The number of rotatable bonds is 4. The minimum atomic E-state index is -0.674. The summed E-state index contributed by atoms with van der Waals surface area (Å²) < 4.78 is 10.5. The Balaban J connectivity index is 1.57. The standard InChI is InChI=1S/C23H18O4/c1-14(2)15-6-8-16(9-7-15)17-10-12-18(13-11-17)26-20-5-3-4-19-21(20)23(25)27-22(19)24/h3-14H,1-2H3. The number of hydrogen-bond acceptors (Lipinski definition) is 4. The van der Waals surface area contributed by atoms with Crippen molar-refractivity contribution in [2.45, 2.75) is 19.8 Å². The summed E-state index contributed by atoms with van der Waals surface area (Å²) in [5.74, 6) is 0.0876. The van der Waals surface area contributed by atoms with Crippen LogP contribution in [-0.2, 0) is 4.74 Å². The molecule has 3 aromatic rings. The first-order valence-corrected chi connectivity index (χ1v) is 8.80. The number of fused-ring (bicyclic) bond motifs is 1. The maximum atomic E-state index is 11.9. The third-order valence-electron chi connectivity index (χ3n) is 4.63. The molecule has 27 heavy (non-hydrogen) atoms.